The van der Waals surface area contributed by atoms with Crippen molar-refractivity contribution in [3.63, 3.8) is 0 Å². The summed E-state index contributed by atoms with van der Waals surface area (Å²) >= 11 is 1.53. The molecule has 2 aromatic carbocycles. The van der Waals surface area contributed by atoms with Crippen molar-refractivity contribution < 1.29 is 9.72 Å². The second-order valence-electron chi connectivity index (χ2n) is 7.83. The van der Waals surface area contributed by atoms with E-state index in [2.05, 4.69) is 15.5 Å². The van der Waals surface area contributed by atoms with Crippen LogP contribution in [-0.4, -0.2) is 25.6 Å². The van der Waals surface area contributed by atoms with Crippen LogP contribution in [0.3, 0.4) is 0 Å². The quantitative estimate of drug-likeness (QED) is 0.303. The number of nitrogens with one attached hydrogen (secondary N) is 1. The lowest BCUT2D eigenvalue weighted by Gasteiger charge is -2.20. The molecule has 0 aliphatic heterocycles. The number of carbonyl (C=O) groups excluding carboxylic acids is 1. The van der Waals surface area contributed by atoms with Gasteiger partial charge in [-0.2, -0.15) is 0 Å². The van der Waals surface area contributed by atoms with E-state index in [4.69, 9.17) is 0 Å². The molecule has 0 saturated heterocycles. The Kier molecular flexibility index (Phi) is 7.16. The highest BCUT2D eigenvalue weighted by atomic mass is 32.2. The third-order valence-corrected chi connectivity index (χ3v) is 6.63. The van der Waals surface area contributed by atoms with E-state index in [9.17, 15) is 14.9 Å². The van der Waals surface area contributed by atoms with Gasteiger partial charge in [-0.1, -0.05) is 61.4 Å². The Bertz CT molecular complexity index is 1060. The molecular formula is C23H25N5O3S. The van der Waals surface area contributed by atoms with Crippen LogP contribution in [-0.2, 0) is 17.1 Å². The van der Waals surface area contributed by atoms with Crippen molar-refractivity contribution in [3.8, 4) is 5.69 Å². The van der Waals surface area contributed by atoms with Gasteiger partial charge in [-0.25, -0.2) is 0 Å². The summed E-state index contributed by atoms with van der Waals surface area (Å²) in [5.41, 5.74) is 1.90. The molecule has 8 nitrogen and oxygen atoms in total. The molecule has 1 aliphatic carbocycles. The van der Waals surface area contributed by atoms with Gasteiger partial charge < -0.3 is 5.32 Å². The lowest BCUT2D eigenvalue weighted by atomic mass is 9.89. The van der Waals surface area contributed by atoms with Gasteiger partial charge in [-0.15, -0.1) is 10.2 Å². The molecule has 3 aromatic rings. The third kappa shape index (κ3) is 5.34. The van der Waals surface area contributed by atoms with Gasteiger partial charge >= 0.3 is 0 Å². The maximum atomic E-state index is 12.6. The molecule has 0 radical (unpaired) electrons. The zero-order valence-electron chi connectivity index (χ0n) is 17.6. The van der Waals surface area contributed by atoms with Crippen molar-refractivity contribution in [3.05, 3.63) is 76.1 Å². The molecule has 1 aromatic heterocycles. The number of hydrogen-bond acceptors (Lipinski definition) is 6. The Balaban J connectivity index is 1.55. The largest absolute Gasteiger partial charge is 0.349 e. The number of rotatable bonds is 8. The molecule has 9 heteroatoms. The summed E-state index contributed by atoms with van der Waals surface area (Å²) in [4.78, 5) is 23.2. The predicted octanol–water partition coefficient (Wildman–Crippen LogP) is 4.66. The number of nitrogens with zero attached hydrogens (tertiary/aromatic N) is 4. The normalized spacial score (nSPS) is 14.2. The first-order valence-electron chi connectivity index (χ1n) is 10.8. The molecule has 1 saturated carbocycles. The second kappa shape index (κ2) is 10.4. The standard InChI is InChI=1S/C23H25N5O3S/c29-22(18-9-5-2-6-10-18)24-15-21-25-26-23(32-16-17-7-3-1-4-8-17)27(21)19-11-13-20(14-12-19)28(30)31/h1,3-4,7-8,11-14,18H,2,5-6,9-10,15-16H2,(H,24,29). The highest BCUT2D eigenvalue weighted by Gasteiger charge is 2.22. The van der Waals surface area contributed by atoms with E-state index in [1.165, 1.54) is 30.3 Å². The number of hydrogen-bond donors (Lipinski definition) is 1. The minimum atomic E-state index is -0.424. The zero-order chi connectivity index (χ0) is 22.3. The fraction of sp³-hybridized carbons (Fsp3) is 0.348. The summed E-state index contributed by atoms with van der Waals surface area (Å²) in [6, 6.07) is 16.3. The Morgan fingerprint density at radius 2 is 1.78 bits per heavy atom. The van der Waals surface area contributed by atoms with Crippen molar-refractivity contribution in [2.75, 3.05) is 0 Å². The van der Waals surface area contributed by atoms with Crippen LogP contribution in [0.5, 0.6) is 0 Å². The molecule has 1 aliphatic rings. The first-order valence-corrected chi connectivity index (χ1v) is 11.7. The summed E-state index contributed by atoms with van der Waals surface area (Å²) in [6.07, 6.45) is 5.24. The van der Waals surface area contributed by atoms with Crippen LogP contribution in [0.15, 0.2) is 59.8 Å². The maximum absolute atomic E-state index is 12.6. The number of nitro benzene ring substituents is 1. The molecule has 1 amide bonds. The molecule has 1 N–H and O–H groups in total. The van der Waals surface area contributed by atoms with E-state index in [1.807, 2.05) is 34.9 Å². The van der Waals surface area contributed by atoms with Crippen LogP contribution in [0, 0.1) is 16.0 Å². The zero-order valence-corrected chi connectivity index (χ0v) is 18.5. The molecule has 1 heterocycles. The van der Waals surface area contributed by atoms with Gasteiger partial charge in [0.1, 0.15) is 0 Å². The van der Waals surface area contributed by atoms with Crippen LogP contribution < -0.4 is 5.32 Å². The van der Waals surface area contributed by atoms with Crippen molar-refractivity contribution in [2.45, 2.75) is 49.6 Å². The number of aromatic nitrogens is 3. The van der Waals surface area contributed by atoms with E-state index in [0.717, 1.165) is 36.9 Å². The van der Waals surface area contributed by atoms with Crippen LogP contribution >= 0.6 is 11.8 Å². The average Bonchev–Trinajstić information content (AvgIpc) is 3.25. The fourth-order valence-corrected chi connectivity index (χ4v) is 4.82. The molecule has 32 heavy (non-hydrogen) atoms. The summed E-state index contributed by atoms with van der Waals surface area (Å²) in [7, 11) is 0. The molecule has 1 fully saturated rings. The van der Waals surface area contributed by atoms with E-state index in [1.54, 1.807) is 12.1 Å². The van der Waals surface area contributed by atoms with Gasteiger partial charge in [0.2, 0.25) is 5.91 Å². The molecule has 4 rings (SSSR count). The maximum Gasteiger partial charge on any atom is 0.269 e. The van der Waals surface area contributed by atoms with Crippen molar-refractivity contribution in [1.29, 1.82) is 0 Å². The van der Waals surface area contributed by atoms with Crippen LogP contribution in [0.25, 0.3) is 5.69 Å². The highest BCUT2D eigenvalue weighted by Crippen LogP contribution is 2.27. The van der Waals surface area contributed by atoms with Gasteiger partial charge in [0, 0.05) is 29.5 Å². The number of non-ortho nitro benzene ring substituents is 1. The number of nitro groups is 1. The lowest BCUT2D eigenvalue weighted by Crippen LogP contribution is -2.32. The van der Waals surface area contributed by atoms with Crippen molar-refractivity contribution in [1.82, 2.24) is 20.1 Å². The van der Waals surface area contributed by atoms with Gasteiger partial charge in [0.25, 0.3) is 5.69 Å². The monoisotopic (exact) mass is 451 g/mol. The summed E-state index contributed by atoms with van der Waals surface area (Å²) in [5.74, 6) is 1.42. The first-order chi connectivity index (χ1) is 15.6. The first kappa shape index (κ1) is 22.0. The third-order valence-electron chi connectivity index (χ3n) is 5.63. The van der Waals surface area contributed by atoms with Gasteiger partial charge in [0.05, 0.1) is 11.5 Å². The fourth-order valence-electron chi connectivity index (χ4n) is 3.89. The Hall–Kier alpha value is -3.20. The predicted molar refractivity (Wildman–Crippen MR) is 122 cm³/mol. The number of carbonyl (C=O) groups is 1. The van der Waals surface area contributed by atoms with E-state index >= 15 is 0 Å². The van der Waals surface area contributed by atoms with Crippen molar-refractivity contribution in [2.24, 2.45) is 5.92 Å². The summed E-state index contributed by atoms with van der Waals surface area (Å²) in [6.45, 7) is 0.255. The number of thioether (sulfide) groups is 1. The highest BCUT2D eigenvalue weighted by molar-refractivity contribution is 7.98. The van der Waals surface area contributed by atoms with Crippen LogP contribution in [0.4, 0.5) is 5.69 Å². The molecule has 0 bridgehead atoms. The van der Waals surface area contributed by atoms with E-state index in [0.29, 0.717) is 16.7 Å². The smallest absolute Gasteiger partial charge is 0.269 e. The van der Waals surface area contributed by atoms with Gasteiger partial charge in [0.15, 0.2) is 11.0 Å². The topological polar surface area (TPSA) is 103 Å². The molecule has 166 valence electrons. The Morgan fingerprint density at radius 1 is 1.06 bits per heavy atom. The molecule has 0 unspecified atom stereocenters. The van der Waals surface area contributed by atoms with Gasteiger partial charge in [-0.05, 0) is 30.5 Å². The molecule has 0 atom stereocenters. The molecular weight excluding hydrogens is 426 g/mol. The lowest BCUT2D eigenvalue weighted by molar-refractivity contribution is -0.384. The minimum absolute atomic E-state index is 0.0208. The van der Waals surface area contributed by atoms with Crippen LogP contribution in [0.1, 0.15) is 43.5 Å². The minimum Gasteiger partial charge on any atom is -0.349 e. The average molecular weight is 452 g/mol. The van der Waals surface area contributed by atoms with E-state index in [-0.39, 0.29) is 24.1 Å². The summed E-state index contributed by atoms with van der Waals surface area (Å²) in [5, 5.41) is 23.4. The van der Waals surface area contributed by atoms with E-state index < -0.39 is 4.92 Å². The molecule has 0 spiro atoms. The van der Waals surface area contributed by atoms with Crippen LogP contribution in [0.2, 0.25) is 0 Å². The van der Waals surface area contributed by atoms with Gasteiger partial charge in [-0.3, -0.25) is 19.5 Å². The Morgan fingerprint density at radius 3 is 2.47 bits per heavy atom. The SMILES string of the molecule is O=C(NCc1nnc(SCc2ccccc2)n1-c1ccc([N+](=O)[O-])cc1)C1CCCCC1. The van der Waals surface area contributed by atoms with Crippen molar-refractivity contribution >= 4 is 23.4 Å². The Labute approximate surface area is 190 Å². The summed E-state index contributed by atoms with van der Waals surface area (Å²) < 4.78 is 1.86. The second-order valence-corrected chi connectivity index (χ2v) is 8.78. The number of amides is 1. The number of benzene rings is 2.